The predicted molar refractivity (Wildman–Crippen MR) is 117 cm³/mol. The van der Waals surface area contributed by atoms with Crippen molar-refractivity contribution in [1.82, 2.24) is 9.62 Å². The second-order valence-electron chi connectivity index (χ2n) is 9.25. The number of likely N-dealkylation sites (tertiary alicyclic amines) is 1. The summed E-state index contributed by atoms with van der Waals surface area (Å²) in [6.07, 6.45) is -0.0478. The second-order valence-corrected chi connectivity index (χ2v) is 10.9. The monoisotopic (exact) mass is 485 g/mol. The molecule has 0 radical (unpaired) electrons. The van der Waals surface area contributed by atoms with Gasteiger partial charge in [0, 0.05) is 44.8 Å². The van der Waals surface area contributed by atoms with Gasteiger partial charge in [-0.1, -0.05) is 0 Å². The Morgan fingerprint density at radius 2 is 1.82 bits per heavy atom. The summed E-state index contributed by atoms with van der Waals surface area (Å²) in [6.45, 7) is 6.78. The third-order valence-electron chi connectivity index (χ3n) is 5.55. The van der Waals surface area contributed by atoms with Gasteiger partial charge in [-0.2, -0.15) is 0 Å². The zero-order valence-corrected chi connectivity index (χ0v) is 20.0. The van der Waals surface area contributed by atoms with Crippen LogP contribution in [0, 0.1) is 5.82 Å². The lowest BCUT2D eigenvalue weighted by molar-refractivity contribution is -0.124. The number of likely N-dealkylation sites (N-methyl/N-ethyl adjacent to an activating group) is 1. The minimum Gasteiger partial charge on any atom is -0.476 e. The molecule has 1 spiro atoms. The van der Waals surface area contributed by atoms with Crippen molar-refractivity contribution in [2.45, 2.75) is 51.6 Å². The van der Waals surface area contributed by atoms with Crippen molar-refractivity contribution in [2.24, 2.45) is 0 Å². The Labute approximate surface area is 192 Å². The number of ether oxygens (including phenoxy) is 2. The Morgan fingerprint density at radius 1 is 1.21 bits per heavy atom. The second kappa shape index (κ2) is 8.47. The van der Waals surface area contributed by atoms with Gasteiger partial charge in [0.2, 0.25) is 17.8 Å². The Kier molecular flexibility index (Phi) is 6.35. The Hall–Kier alpha value is -2.89. The van der Waals surface area contributed by atoms with Crippen molar-refractivity contribution >= 4 is 33.6 Å². The van der Waals surface area contributed by atoms with E-state index in [0.717, 1.165) is 13.0 Å². The maximum Gasteiger partial charge on any atom is 0.410 e. The summed E-state index contributed by atoms with van der Waals surface area (Å²) in [5, 5.41) is 0. The lowest BCUT2D eigenvalue weighted by atomic mass is 9.73. The van der Waals surface area contributed by atoms with Crippen molar-refractivity contribution in [2.75, 3.05) is 31.0 Å². The highest BCUT2D eigenvalue weighted by Gasteiger charge is 2.53. The van der Waals surface area contributed by atoms with Crippen molar-refractivity contribution in [3.05, 3.63) is 23.5 Å². The van der Waals surface area contributed by atoms with E-state index >= 15 is 4.39 Å². The van der Waals surface area contributed by atoms with E-state index in [-0.39, 0.29) is 48.8 Å². The topological polar surface area (TPSA) is 122 Å². The molecule has 0 saturated carbocycles. The molecule has 1 saturated heterocycles. The molecule has 3 amide bonds. The summed E-state index contributed by atoms with van der Waals surface area (Å²) in [4.78, 5) is 39.4. The maximum atomic E-state index is 15.3. The molecule has 3 rings (SSSR count). The molecule has 2 heterocycles. The van der Waals surface area contributed by atoms with Crippen molar-refractivity contribution in [3.8, 4) is 5.75 Å². The van der Waals surface area contributed by atoms with Crippen LogP contribution in [0.4, 0.5) is 14.9 Å². The summed E-state index contributed by atoms with van der Waals surface area (Å²) >= 11 is 0. The third-order valence-corrected chi connectivity index (χ3v) is 6.57. The normalized spacial score (nSPS) is 17.7. The van der Waals surface area contributed by atoms with Crippen molar-refractivity contribution < 1.29 is 36.7 Å². The molecule has 1 aromatic rings. The number of benzene rings is 1. The fraction of sp³-hybridized carbons (Fsp3) is 0.571. The van der Waals surface area contributed by atoms with Gasteiger partial charge in [-0.05, 0) is 33.6 Å². The van der Waals surface area contributed by atoms with E-state index in [1.54, 1.807) is 25.5 Å². The molecule has 1 aromatic carbocycles. The Morgan fingerprint density at radius 3 is 2.36 bits per heavy atom. The number of rotatable bonds is 4. The number of nitrogens with zero attached hydrogens (tertiary/aromatic N) is 2. The van der Waals surface area contributed by atoms with E-state index in [0.29, 0.717) is 0 Å². The zero-order chi connectivity index (χ0) is 24.8. The summed E-state index contributed by atoms with van der Waals surface area (Å²) in [6, 6.07) is 2.42. The van der Waals surface area contributed by atoms with Crippen LogP contribution in [0.1, 0.15) is 46.1 Å². The van der Waals surface area contributed by atoms with Crippen LogP contribution in [0.3, 0.4) is 0 Å². The predicted octanol–water partition coefficient (Wildman–Crippen LogP) is 1.87. The van der Waals surface area contributed by atoms with E-state index in [1.807, 2.05) is 0 Å². The number of carbonyl (C=O) groups excluding carboxylic acids is 3. The number of anilines is 1. The number of carbonyl (C=O) groups is 3. The molecule has 1 fully saturated rings. The van der Waals surface area contributed by atoms with Crippen molar-refractivity contribution in [1.29, 1.82) is 0 Å². The first kappa shape index (κ1) is 24.7. The van der Waals surface area contributed by atoms with Gasteiger partial charge < -0.3 is 19.3 Å². The molecule has 182 valence electrons. The molecule has 0 atom stereocenters. The standard InChI is InChI=1S/C21H28FN3O7S/c1-13(26)23-33(29,30)12-31-14-10-15(22)17-16(11-14)24(5)18(27)21(17)6-8-25(9-7-21)19(28)32-20(2,3)4/h10-11H,6-9,12H2,1-5H3,(H,23,26). The number of nitrogens with one attached hydrogen (secondary N) is 1. The summed E-state index contributed by atoms with van der Waals surface area (Å²) in [5.41, 5.74) is -1.31. The quantitative estimate of drug-likeness (QED) is 0.691. The van der Waals surface area contributed by atoms with E-state index in [4.69, 9.17) is 9.47 Å². The minimum absolute atomic E-state index is 0.0944. The molecule has 12 heteroatoms. The highest BCUT2D eigenvalue weighted by Crippen LogP contribution is 2.50. The molecule has 2 aliphatic rings. The summed E-state index contributed by atoms with van der Waals surface area (Å²) in [7, 11) is -2.55. The summed E-state index contributed by atoms with van der Waals surface area (Å²) in [5.74, 6) is -2.77. The first-order valence-corrected chi connectivity index (χ1v) is 12.0. The smallest absolute Gasteiger partial charge is 0.410 e. The van der Waals surface area contributed by atoms with Crippen LogP contribution >= 0.6 is 0 Å². The average Bonchev–Trinajstić information content (AvgIpc) is 2.87. The average molecular weight is 486 g/mol. The van der Waals surface area contributed by atoms with E-state index < -0.39 is 44.8 Å². The van der Waals surface area contributed by atoms with Crippen LogP contribution in [0.25, 0.3) is 0 Å². The highest BCUT2D eigenvalue weighted by molar-refractivity contribution is 7.89. The SMILES string of the molecule is CC(=O)NS(=O)(=O)COc1cc(F)c2c(c1)N(C)C(=O)C21CCN(C(=O)OC(C)(C)C)CC1. The van der Waals surface area contributed by atoms with Gasteiger partial charge in [0.1, 0.15) is 17.2 Å². The Balaban J connectivity index is 1.82. The third kappa shape index (κ3) is 5.05. The summed E-state index contributed by atoms with van der Waals surface area (Å²) < 4.78 is 51.2. The molecule has 33 heavy (non-hydrogen) atoms. The van der Waals surface area contributed by atoms with Crippen LogP contribution in [0.15, 0.2) is 12.1 Å². The van der Waals surface area contributed by atoms with Gasteiger partial charge in [0.15, 0.2) is 0 Å². The van der Waals surface area contributed by atoms with Gasteiger partial charge in [-0.3, -0.25) is 14.3 Å². The lowest BCUT2D eigenvalue weighted by Gasteiger charge is -2.38. The van der Waals surface area contributed by atoms with Gasteiger partial charge in [0.25, 0.3) is 10.0 Å². The number of hydrogen-bond acceptors (Lipinski definition) is 7. The number of halogens is 1. The first-order valence-electron chi connectivity index (χ1n) is 10.4. The molecular formula is C21H28FN3O7S. The van der Waals surface area contributed by atoms with Gasteiger partial charge in [-0.15, -0.1) is 0 Å². The zero-order valence-electron chi connectivity index (χ0n) is 19.2. The molecule has 0 bridgehead atoms. The number of fused-ring (bicyclic) bond motifs is 2. The first-order chi connectivity index (χ1) is 15.2. The minimum atomic E-state index is -4.06. The van der Waals surface area contributed by atoms with Gasteiger partial charge in [-0.25, -0.2) is 17.6 Å². The number of piperidine rings is 1. The molecule has 0 aliphatic carbocycles. The lowest BCUT2D eigenvalue weighted by Crippen LogP contribution is -2.50. The maximum absolute atomic E-state index is 15.3. The molecule has 0 aromatic heterocycles. The van der Waals surface area contributed by atoms with Gasteiger partial charge >= 0.3 is 6.09 Å². The fourth-order valence-corrected chi connectivity index (χ4v) is 4.97. The van der Waals surface area contributed by atoms with Gasteiger partial charge in [0.05, 0.1) is 11.1 Å². The Bertz CT molecular complexity index is 1090. The van der Waals surface area contributed by atoms with Crippen LogP contribution in [-0.2, 0) is 29.8 Å². The number of hydrogen-bond donors (Lipinski definition) is 1. The van der Waals surface area contributed by atoms with Crippen LogP contribution in [-0.4, -0.2) is 62.9 Å². The molecule has 0 unspecified atom stereocenters. The van der Waals surface area contributed by atoms with E-state index in [1.165, 1.54) is 22.9 Å². The molecule has 1 N–H and O–H groups in total. The molecule has 10 nitrogen and oxygen atoms in total. The number of amides is 3. The largest absolute Gasteiger partial charge is 0.476 e. The van der Waals surface area contributed by atoms with Crippen LogP contribution in [0.2, 0.25) is 0 Å². The fourth-order valence-electron chi connectivity index (χ4n) is 4.18. The number of sulfonamides is 1. The highest BCUT2D eigenvalue weighted by atomic mass is 32.2. The van der Waals surface area contributed by atoms with Crippen LogP contribution in [0.5, 0.6) is 5.75 Å². The van der Waals surface area contributed by atoms with Crippen molar-refractivity contribution in [3.63, 3.8) is 0 Å². The van der Waals surface area contributed by atoms with Crippen LogP contribution < -0.4 is 14.4 Å². The molecule has 2 aliphatic heterocycles. The van der Waals surface area contributed by atoms with E-state index in [9.17, 15) is 22.8 Å². The van der Waals surface area contributed by atoms with E-state index in [2.05, 4.69) is 0 Å². The molecular weight excluding hydrogens is 457 g/mol.